The summed E-state index contributed by atoms with van der Waals surface area (Å²) in [7, 11) is -1.25. The van der Waals surface area contributed by atoms with Gasteiger partial charge in [-0.05, 0) is 68.3 Å². The summed E-state index contributed by atoms with van der Waals surface area (Å²) >= 11 is 3.44. The lowest BCUT2D eigenvalue weighted by Crippen LogP contribution is -2.50. The van der Waals surface area contributed by atoms with Crippen molar-refractivity contribution in [1.82, 2.24) is 10.2 Å². The third-order valence-corrected chi connectivity index (χ3v) is 8.41. The molecule has 0 fully saturated rings. The van der Waals surface area contributed by atoms with Crippen molar-refractivity contribution in [3.05, 3.63) is 87.9 Å². The minimum Gasteiger partial charge on any atom is -0.495 e. The van der Waals surface area contributed by atoms with Crippen LogP contribution >= 0.6 is 15.9 Å². The first-order valence-corrected chi connectivity index (χ1v) is 14.2. The predicted octanol–water partition coefficient (Wildman–Crippen LogP) is 4.43. The van der Waals surface area contributed by atoms with Gasteiger partial charge in [0.05, 0.1) is 17.7 Å². The van der Waals surface area contributed by atoms with E-state index in [1.54, 1.807) is 37.3 Å². The second-order valence-corrected chi connectivity index (χ2v) is 11.7. The summed E-state index contributed by atoms with van der Waals surface area (Å²) in [4.78, 5) is 27.9. The van der Waals surface area contributed by atoms with Crippen LogP contribution in [0, 0.1) is 13.8 Å². The van der Waals surface area contributed by atoms with Gasteiger partial charge in [0.15, 0.2) is 0 Å². The number of carbonyl (C=O) groups is 2. The molecule has 3 aromatic carbocycles. The van der Waals surface area contributed by atoms with Crippen LogP contribution in [0.15, 0.2) is 76.1 Å². The Morgan fingerprint density at radius 1 is 1.00 bits per heavy atom. The Morgan fingerprint density at radius 2 is 1.66 bits per heavy atom. The number of halogens is 1. The standard InChI is InChI=1S/C28H32BrN3O5S/c1-19-9-12-24(13-10-19)38(35,36)32(25-15-20(2)11-14-26(25)37-5)18-27(33)31(21(3)28(34)30-4)17-22-7-6-8-23(29)16-22/h6-16,21H,17-18H2,1-5H3,(H,30,34)/t21-/m0/s1. The largest absolute Gasteiger partial charge is 0.495 e. The van der Waals surface area contributed by atoms with Crippen LogP contribution in [0.3, 0.4) is 0 Å². The molecule has 10 heteroatoms. The molecule has 0 radical (unpaired) electrons. The van der Waals surface area contributed by atoms with E-state index >= 15 is 0 Å². The second-order valence-electron chi connectivity index (χ2n) is 8.94. The zero-order valence-corrected chi connectivity index (χ0v) is 24.5. The van der Waals surface area contributed by atoms with Gasteiger partial charge in [0.2, 0.25) is 11.8 Å². The van der Waals surface area contributed by atoms with Crippen molar-refractivity contribution in [3.63, 3.8) is 0 Å². The molecule has 0 saturated heterocycles. The topological polar surface area (TPSA) is 96.0 Å². The number of likely N-dealkylation sites (N-methyl/N-ethyl adjacent to an activating group) is 1. The number of hydrogen-bond donors (Lipinski definition) is 1. The van der Waals surface area contributed by atoms with E-state index in [1.807, 2.05) is 38.1 Å². The highest BCUT2D eigenvalue weighted by atomic mass is 79.9. The number of carbonyl (C=O) groups excluding carboxylic acids is 2. The van der Waals surface area contributed by atoms with E-state index in [1.165, 1.54) is 31.2 Å². The van der Waals surface area contributed by atoms with Gasteiger partial charge in [0.25, 0.3) is 10.0 Å². The van der Waals surface area contributed by atoms with Crippen LogP contribution in [0.4, 0.5) is 5.69 Å². The third-order valence-electron chi connectivity index (χ3n) is 6.15. The highest BCUT2D eigenvalue weighted by Gasteiger charge is 2.33. The number of rotatable bonds is 10. The zero-order chi connectivity index (χ0) is 28.0. The molecule has 0 unspecified atom stereocenters. The molecule has 3 aromatic rings. The zero-order valence-electron chi connectivity index (χ0n) is 22.1. The Bertz CT molecular complexity index is 1410. The number of anilines is 1. The Morgan fingerprint density at radius 3 is 2.26 bits per heavy atom. The first kappa shape index (κ1) is 29.2. The summed E-state index contributed by atoms with van der Waals surface area (Å²) in [5, 5.41) is 2.58. The minimum absolute atomic E-state index is 0.0392. The molecule has 1 N–H and O–H groups in total. The molecule has 0 aromatic heterocycles. The molecule has 8 nitrogen and oxygen atoms in total. The summed E-state index contributed by atoms with van der Waals surface area (Å²) in [5.74, 6) is -0.605. The van der Waals surface area contributed by atoms with Crippen molar-refractivity contribution in [1.29, 1.82) is 0 Å². The smallest absolute Gasteiger partial charge is 0.264 e. The fourth-order valence-electron chi connectivity index (χ4n) is 3.97. The summed E-state index contributed by atoms with van der Waals surface area (Å²) in [6.07, 6.45) is 0. The van der Waals surface area contributed by atoms with Gasteiger partial charge in [-0.15, -0.1) is 0 Å². The fourth-order valence-corrected chi connectivity index (χ4v) is 5.83. The average Bonchev–Trinajstić information content (AvgIpc) is 2.89. The van der Waals surface area contributed by atoms with E-state index in [-0.39, 0.29) is 23.0 Å². The van der Waals surface area contributed by atoms with Crippen LogP contribution < -0.4 is 14.4 Å². The monoisotopic (exact) mass is 601 g/mol. The summed E-state index contributed by atoms with van der Waals surface area (Å²) in [6.45, 7) is 4.87. The SMILES string of the molecule is CNC(=O)[C@H](C)N(Cc1cccc(Br)c1)C(=O)CN(c1cc(C)ccc1OC)S(=O)(=O)c1ccc(C)cc1. The lowest BCUT2D eigenvalue weighted by atomic mass is 10.1. The van der Waals surface area contributed by atoms with E-state index in [0.717, 1.165) is 25.5 Å². The Labute approximate surface area is 232 Å². The molecule has 0 aliphatic carbocycles. The van der Waals surface area contributed by atoms with Gasteiger partial charge in [0.1, 0.15) is 18.3 Å². The van der Waals surface area contributed by atoms with Crippen molar-refractivity contribution >= 4 is 43.5 Å². The number of ether oxygens (including phenoxy) is 1. The van der Waals surface area contributed by atoms with Crippen LogP contribution in [-0.4, -0.2) is 51.9 Å². The second kappa shape index (κ2) is 12.4. The van der Waals surface area contributed by atoms with E-state index in [4.69, 9.17) is 4.74 Å². The van der Waals surface area contributed by atoms with Gasteiger partial charge in [-0.25, -0.2) is 8.42 Å². The van der Waals surface area contributed by atoms with Gasteiger partial charge in [-0.3, -0.25) is 13.9 Å². The number of hydrogen-bond acceptors (Lipinski definition) is 5. The molecule has 0 saturated carbocycles. The molecule has 0 spiro atoms. The number of amides is 2. The number of nitrogens with one attached hydrogen (secondary N) is 1. The van der Waals surface area contributed by atoms with Crippen molar-refractivity contribution in [2.75, 3.05) is 25.0 Å². The van der Waals surface area contributed by atoms with Gasteiger partial charge in [-0.2, -0.15) is 0 Å². The highest BCUT2D eigenvalue weighted by molar-refractivity contribution is 9.10. The van der Waals surface area contributed by atoms with Crippen molar-refractivity contribution < 1.29 is 22.7 Å². The predicted molar refractivity (Wildman–Crippen MR) is 152 cm³/mol. The maximum Gasteiger partial charge on any atom is 0.264 e. The van der Waals surface area contributed by atoms with Crippen LogP contribution in [-0.2, 0) is 26.2 Å². The molecule has 2 amide bonds. The van der Waals surface area contributed by atoms with Crippen LogP contribution in [0.5, 0.6) is 5.75 Å². The number of methoxy groups -OCH3 is 1. The lowest BCUT2D eigenvalue weighted by molar-refractivity contribution is -0.139. The van der Waals surface area contributed by atoms with Gasteiger partial charge in [-0.1, -0.05) is 51.8 Å². The lowest BCUT2D eigenvalue weighted by Gasteiger charge is -2.32. The first-order valence-electron chi connectivity index (χ1n) is 12.0. The average molecular weight is 603 g/mol. The molecule has 0 bridgehead atoms. The number of nitrogens with zero attached hydrogens (tertiary/aromatic N) is 2. The molecule has 38 heavy (non-hydrogen) atoms. The molecule has 202 valence electrons. The number of aryl methyl sites for hydroxylation is 2. The molecule has 1 atom stereocenters. The van der Waals surface area contributed by atoms with Crippen LogP contribution in [0.2, 0.25) is 0 Å². The summed E-state index contributed by atoms with van der Waals surface area (Å²) < 4.78 is 35.3. The van der Waals surface area contributed by atoms with E-state index in [9.17, 15) is 18.0 Å². The molecule has 0 aliphatic rings. The van der Waals surface area contributed by atoms with E-state index < -0.39 is 28.5 Å². The summed E-state index contributed by atoms with van der Waals surface area (Å²) in [6, 6.07) is 18.1. The molecule has 3 rings (SSSR count). The molecular weight excluding hydrogens is 570 g/mol. The molecule has 0 heterocycles. The first-order chi connectivity index (χ1) is 18.0. The van der Waals surface area contributed by atoms with Gasteiger partial charge in [0, 0.05) is 18.1 Å². The number of benzene rings is 3. The number of sulfonamides is 1. The van der Waals surface area contributed by atoms with Crippen LogP contribution in [0.1, 0.15) is 23.6 Å². The molecular formula is C28H32BrN3O5S. The van der Waals surface area contributed by atoms with E-state index in [0.29, 0.717) is 5.75 Å². The Balaban J connectivity index is 2.11. The highest BCUT2D eigenvalue weighted by Crippen LogP contribution is 2.34. The maximum atomic E-state index is 14.0. The van der Waals surface area contributed by atoms with Gasteiger partial charge < -0.3 is 15.0 Å². The van der Waals surface area contributed by atoms with Crippen molar-refractivity contribution in [2.24, 2.45) is 0 Å². The minimum atomic E-state index is -4.18. The van der Waals surface area contributed by atoms with E-state index in [2.05, 4.69) is 21.2 Å². The summed E-state index contributed by atoms with van der Waals surface area (Å²) in [5.41, 5.74) is 2.71. The maximum absolute atomic E-state index is 14.0. The fraction of sp³-hybridized carbons (Fsp3) is 0.286. The van der Waals surface area contributed by atoms with Crippen molar-refractivity contribution in [3.8, 4) is 5.75 Å². The quantitative estimate of drug-likeness (QED) is 0.371. The van der Waals surface area contributed by atoms with Gasteiger partial charge >= 0.3 is 0 Å². The van der Waals surface area contributed by atoms with Crippen molar-refractivity contribution in [2.45, 2.75) is 38.3 Å². The normalized spacial score (nSPS) is 11.9. The van der Waals surface area contributed by atoms with Crippen LogP contribution in [0.25, 0.3) is 0 Å². The Kier molecular flexibility index (Phi) is 9.56. The third kappa shape index (κ3) is 6.73. The molecule has 0 aliphatic heterocycles. The Hall–Kier alpha value is -3.37.